The largest absolute Gasteiger partial charge is 0.308 e. The first-order valence-corrected chi connectivity index (χ1v) is 9.93. The summed E-state index contributed by atoms with van der Waals surface area (Å²) in [5.74, 6) is 0.739. The van der Waals surface area contributed by atoms with Crippen LogP contribution in [0.25, 0.3) is 0 Å². The Kier molecular flexibility index (Phi) is 6.30. The quantitative estimate of drug-likeness (QED) is 0.764. The number of hydrogen-bond donors (Lipinski definition) is 1. The van der Waals surface area contributed by atoms with Crippen LogP contribution in [-0.2, 0) is 6.54 Å². The van der Waals surface area contributed by atoms with Crippen LogP contribution in [0.4, 0.5) is 0 Å². The molecule has 1 N–H and O–H groups in total. The average Bonchev–Trinajstić information content (AvgIpc) is 2.91. The van der Waals surface area contributed by atoms with Crippen LogP contribution in [0.2, 0.25) is 0 Å². The van der Waals surface area contributed by atoms with Crippen molar-refractivity contribution in [2.75, 3.05) is 13.1 Å². The first-order valence-electron chi connectivity index (χ1n) is 8.26. The lowest BCUT2D eigenvalue weighted by molar-refractivity contribution is 0.0401. The van der Waals surface area contributed by atoms with Gasteiger partial charge in [-0.1, -0.05) is 34.1 Å². The standard InChI is InChI=1S/C17H29BrN2S/c1-5-13(4)15-10-19-17(6-2,7-3)12-20(15)11-16-14(18)8-9-21-16/h8-9,13,15,19H,5-7,10-12H2,1-4H3. The summed E-state index contributed by atoms with van der Waals surface area (Å²) >= 11 is 5.57. The summed E-state index contributed by atoms with van der Waals surface area (Å²) in [5, 5.41) is 6.06. The van der Waals surface area contributed by atoms with Gasteiger partial charge in [0, 0.05) is 40.6 Å². The molecule has 2 rings (SSSR count). The minimum atomic E-state index is 0.299. The van der Waals surface area contributed by atoms with Gasteiger partial charge < -0.3 is 5.32 Å². The molecule has 1 saturated heterocycles. The predicted molar refractivity (Wildman–Crippen MR) is 97.0 cm³/mol. The van der Waals surface area contributed by atoms with Gasteiger partial charge in [0.25, 0.3) is 0 Å². The van der Waals surface area contributed by atoms with Crippen molar-refractivity contribution in [2.24, 2.45) is 5.92 Å². The first kappa shape index (κ1) is 17.5. The van der Waals surface area contributed by atoms with E-state index in [9.17, 15) is 0 Å². The van der Waals surface area contributed by atoms with Crippen LogP contribution >= 0.6 is 27.3 Å². The van der Waals surface area contributed by atoms with E-state index < -0.39 is 0 Å². The van der Waals surface area contributed by atoms with Crippen LogP contribution in [0.3, 0.4) is 0 Å². The molecule has 0 amide bonds. The minimum absolute atomic E-state index is 0.299. The Morgan fingerprint density at radius 3 is 2.67 bits per heavy atom. The number of piperazine rings is 1. The number of rotatable bonds is 6. The molecule has 2 nitrogen and oxygen atoms in total. The number of nitrogens with one attached hydrogen (secondary N) is 1. The molecule has 0 aromatic carbocycles. The lowest BCUT2D eigenvalue weighted by Gasteiger charge is -2.49. The third-order valence-electron chi connectivity index (χ3n) is 5.35. The van der Waals surface area contributed by atoms with E-state index in [1.807, 2.05) is 11.3 Å². The molecule has 0 aliphatic carbocycles. The molecule has 1 aliphatic heterocycles. The zero-order chi connectivity index (χ0) is 15.5. The van der Waals surface area contributed by atoms with Gasteiger partial charge in [0.1, 0.15) is 0 Å². The van der Waals surface area contributed by atoms with E-state index >= 15 is 0 Å². The number of hydrogen-bond acceptors (Lipinski definition) is 3. The van der Waals surface area contributed by atoms with Crippen molar-refractivity contribution < 1.29 is 0 Å². The van der Waals surface area contributed by atoms with Gasteiger partial charge in [0.05, 0.1) is 0 Å². The van der Waals surface area contributed by atoms with E-state index in [2.05, 4.69) is 65.3 Å². The van der Waals surface area contributed by atoms with Crippen LogP contribution < -0.4 is 5.32 Å². The Labute approximate surface area is 142 Å². The van der Waals surface area contributed by atoms with Gasteiger partial charge in [-0.2, -0.15) is 0 Å². The van der Waals surface area contributed by atoms with Crippen molar-refractivity contribution >= 4 is 27.3 Å². The second kappa shape index (κ2) is 7.58. The van der Waals surface area contributed by atoms with E-state index in [4.69, 9.17) is 0 Å². The Morgan fingerprint density at radius 2 is 2.14 bits per heavy atom. The highest BCUT2D eigenvalue weighted by molar-refractivity contribution is 9.10. The Balaban J connectivity index is 2.18. The summed E-state index contributed by atoms with van der Waals surface area (Å²) in [4.78, 5) is 4.19. The molecule has 1 aliphatic rings. The van der Waals surface area contributed by atoms with E-state index in [1.165, 1.54) is 35.2 Å². The maximum absolute atomic E-state index is 3.87. The smallest absolute Gasteiger partial charge is 0.0343 e. The molecular formula is C17H29BrN2S. The fraction of sp³-hybridized carbons (Fsp3) is 0.765. The van der Waals surface area contributed by atoms with Crippen molar-refractivity contribution in [3.05, 3.63) is 20.8 Å². The van der Waals surface area contributed by atoms with Crippen LogP contribution in [0.5, 0.6) is 0 Å². The number of thiophene rings is 1. The zero-order valence-electron chi connectivity index (χ0n) is 13.8. The molecule has 2 heterocycles. The van der Waals surface area contributed by atoms with Crippen molar-refractivity contribution in [1.82, 2.24) is 10.2 Å². The molecule has 2 atom stereocenters. The molecule has 2 unspecified atom stereocenters. The fourth-order valence-corrected chi connectivity index (χ4v) is 4.87. The SMILES string of the molecule is CCC(C)C1CNC(CC)(CC)CN1Cc1sccc1Br. The zero-order valence-corrected chi connectivity index (χ0v) is 16.2. The Hall–Kier alpha value is 0.100. The maximum atomic E-state index is 3.87. The molecule has 1 fully saturated rings. The van der Waals surface area contributed by atoms with E-state index in [0.717, 1.165) is 19.0 Å². The summed E-state index contributed by atoms with van der Waals surface area (Å²) in [6.45, 7) is 12.7. The van der Waals surface area contributed by atoms with Gasteiger partial charge in [-0.25, -0.2) is 0 Å². The molecule has 0 radical (unpaired) electrons. The highest BCUT2D eigenvalue weighted by atomic mass is 79.9. The van der Waals surface area contributed by atoms with Gasteiger partial charge in [-0.05, 0) is 46.1 Å². The van der Waals surface area contributed by atoms with Gasteiger partial charge in [0.2, 0.25) is 0 Å². The van der Waals surface area contributed by atoms with Crippen LogP contribution in [0, 0.1) is 5.92 Å². The molecular weight excluding hydrogens is 344 g/mol. The Bertz CT molecular complexity index is 442. The maximum Gasteiger partial charge on any atom is 0.0343 e. The molecule has 4 heteroatoms. The van der Waals surface area contributed by atoms with Gasteiger partial charge in [-0.3, -0.25) is 4.90 Å². The number of nitrogens with zero attached hydrogens (tertiary/aromatic N) is 1. The molecule has 0 bridgehead atoms. The molecule has 1 aromatic rings. The minimum Gasteiger partial charge on any atom is -0.308 e. The van der Waals surface area contributed by atoms with Crippen LogP contribution in [0.1, 0.15) is 51.8 Å². The van der Waals surface area contributed by atoms with Gasteiger partial charge in [0.15, 0.2) is 0 Å². The average molecular weight is 373 g/mol. The van der Waals surface area contributed by atoms with Crippen molar-refractivity contribution in [2.45, 2.75) is 65.1 Å². The third-order valence-corrected chi connectivity index (χ3v) is 7.26. The summed E-state index contributed by atoms with van der Waals surface area (Å²) in [5.41, 5.74) is 0.299. The molecule has 0 saturated carbocycles. The molecule has 21 heavy (non-hydrogen) atoms. The van der Waals surface area contributed by atoms with Gasteiger partial charge >= 0.3 is 0 Å². The van der Waals surface area contributed by atoms with E-state index in [0.29, 0.717) is 11.6 Å². The van der Waals surface area contributed by atoms with Crippen LogP contribution in [0.15, 0.2) is 15.9 Å². The second-order valence-corrected chi connectivity index (χ2v) is 8.27. The molecule has 120 valence electrons. The lowest BCUT2D eigenvalue weighted by atomic mass is 9.85. The topological polar surface area (TPSA) is 15.3 Å². The highest BCUT2D eigenvalue weighted by Crippen LogP contribution is 2.31. The fourth-order valence-electron chi connectivity index (χ4n) is 3.36. The van der Waals surface area contributed by atoms with Crippen LogP contribution in [-0.4, -0.2) is 29.6 Å². The summed E-state index contributed by atoms with van der Waals surface area (Å²) in [7, 11) is 0. The summed E-state index contributed by atoms with van der Waals surface area (Å²) in [6, 6.07) is 2.82. The molecule has 0 spiro atoms. The monoisotopic (exact) mass is 372 g/mol. The van der Waals surface area contributed by atoms with E-state index in [-0.39, 0.29) is 0 Å². The summed E-state index contributed by atoms with van der Waals surface area (Å²) in [6.07, 6.45) is 3.66. The Morgan fingerprint density at radius 1 is 1.43 bits per heavy atom. The third kappa shape index (κ3) is 3.90. The predicted octanol–water partition coefficient (Wildman–Crippen LogP) is 4.89. The van der Waals surface area contributed by atoms with Crippen molar-refractivity contribution in [1.29, 1.82) is 0 Å². The molecule has 1 aromatic heterocycles. The number of halogens is 1. The van der Waals surface area contributed by atoms with Crippen molar-refractivity contribution in [3.8, 4) is 0 Å². The first-order chi connectivity index (χ1) is 10.0. The van der Waals surface area contributed by atoms with Gasteiger partial charge in [-0.15, -0.1) is 11.3 Å². The van der Waals surface area contributed by atoms with Crippen molar-refractivity contribution in [3.63, 3.8) is 0 Å². The second-order valence-electron chi connectivity index (χ2n) is 6.42. The normalized spacial score (nSPS) is 24.1. The lowest BCUT2D eigenvalue weighted by Crippen LogP contribution is -2.64. The van der Waals surface area contributed by atoms with E-state index in [1.54, 1.807) is 0 Å². The summed E-state index contributed by atoms with van der Waals surface area (Å²) < 4.78 is 1.27. The highest BCUT2D eigenvalue weighted by Gasteiger charge is 2.38.